The van der Waals surface area contributed by atoms with Gasteiger partial charge in [0.2, 0.25) is 5.95 Å². The van der Waals surface area contributed by atoms with Crippen LogP contribution in [0.3, 0.4) is 0 Å². The maximum Gasteiger partial charge on any atom is 0.222 e. The molecule has 0 amide bonds. The van der Waals surface area contributed by atoms with Crippen LogP contribution in [0.1, 0.15) is 19.4 Å². The zero-order valence-corrected chi connectivity index (χ0v) is 8.86. The SMILES string of the molecule is Cc1cnc(N[C@H](CO)C(C)C)nc1. The third kappa shape index (κ3) is 2.96. The van der Waals surface area contributed by atoms with Crippen molar-refractivity contribution in [3.63, 3.8) is 0 Å². The molecule has 0 aliphatic rings. The van der Waals surface area contributed by atoms with Gasteiger partial charge in [-0.05, 0) is 18.4 Å². The van der Waals surface area contributed by atoms with Crippen LogP contribution < -0.4 is 5.32 Å². The van der Waals surface area contributed by atoms with Crippen molar-refractivity contribution >= 4 is 5.95 Å². The van der Waals surface area contributed by atoms with Gasteiger partial charge in [0.1, 0.15) is 0 Å². The minimum Gasteiger partial charge on any atom is -0.394 e. The van der Waals surface area contributed by atoms with Gasteiger partial charge in [-0.2, -0.15) is 0 Å². The van der Waals surface area contributed by atoms with E-state index in [0.29, 0.717) is 11.9 Å². The van der Waals surface area contributed by atoms with Gasteiger partial charge in [-0.15, -0.1) is 0 Å². The van der Waals surface area contributed by atoms with Crippen molar-refractivity contribution in [2.24, 2.45) is 5.92 Å². The first-order chi connectivity index (χ1) is 6.63. The zero-order chi connectivity index (χ0) is 10.6. The number of anilines is 1. The monoisotopic (exact) mass is 195 g/mol. The van der Waals surface area contributed by atoms with Gasteiger partial charge in [-0.3, -0.25) is 0 Å². The fraction of sp³-hybridized carbons (Fsp3) is 0.600. The third-order valence-electron chi connectivity index (χ3n) is 2.10. The van der Waals surface area contributed by atoms with E-state index in [9.17, 15) is 0 Å². The predicted octanol–water partition coefficient (Wildman–Crippen LogP) is 1.21. The Morgan fingerprint density at radius 3 is 2.36 bits per heavy atom. The molecule has 0 saturated carbocycles. The molecule has 0 radical (unpaired) electrons. The number of hydrogen-bond acceptors (Lipinski definition) is 4. The van der Waals surface area contributed by atoms with Crippen molar-refractivity contribution in [2.45, 2.75) is 26.8 Å². The molecule has 4 heteroatoms. The molecule has 2 N–H and O–H groups in total. The van der Waals surface area contributed by atoms with E-state index in [1.165, 1.54) is 0 Å². The molecule has 1 heterocycles. The summed E-state index contributed by atoms with van der Waals surface area (Å²) in [5.41, 5.74) is 1.03. The fourth-order valence-corrected chi connectivity index (χ4v) is 1.06. The standard InChI is InChI=1S/C10H17N3O/c1-7(2)9(6-14)13-10-11-4-8(3)5-12-10/h4-5,7,9,14H,6H2,1-3H3,(H,11,12,13)/t9-/m1/s1. The number of aliphatic hydroxyl groups excluding tert-OH is 1. The molecule has 0 aliphatic heterocycles. The molecule has 0 bridgehead atoms. The third-order valence-corrected chi connectivity index (χ3v) is 2.10. The predicted molar refractivity (Wildman–Crippen MR) is 56.1 cm³/mol. The van der Waals surface area contributed by atoms with Crippen molar-refractivity contribution in [3.8, 4) is 0 Å². The Bertz CT molecular complexity index is 271. The summed E-state index contributed by atoms with van der Waals surface area (Å²) >= 11 is 0. The van der Waals surface area contributed by atoms with E-state index in [2.05, 4.69) is 15.3 Å². The van der Waals surface area contributed by atoms with Crippen molar-refractivity contribution in [3.05, 3.63) is 18.0 Å². The van der Waals surface area contributed by atoms with E-state index in [4.69, 9.17) is 5.11 Å². The number of aliphatic hydroxyl groups is 1. The van der Waals surface area contributed by atoms with Crippen LogP contribution in [-0.2, 0) is 0 Å². The number of nitrogens with one attached hydrogen (secondary N) is 1. The quantitative estimate of drug-likeness (QED) is 0.758. The average molecular weight is 195 g/mol. The first-order valence-corrected chi connectivity index (χ1v) is 4.79. The van der Waals surface area contributed by atoms with Crippen molar-refractivity contribution in [1.82, 2.24) is 9.97 Å². The maximum absolute atomic E-state index is 9.09. The minimum absolute atomic E-state index is 0.0118. The van der Waals surface area contributed by atoms with Crippen molar-refractivity contribution in [2.75, 3.05) is 11.9 Å². The smallest absolute Gasteiger partial charge is 0.222 e. The number of hydrogen-bond donors (Lipinski definition) is 2. The molecule has 0 aliphatic carbocycles. The van der Waals surface area contributed by atoms with E-state index >= 15 is 0 Å². The maximum atomic E-state index is 9.09. The van der Waals surface area contributed by atoms with Gasteiger partial charge in [0.15, 0.2) is 0 Å². The molecule has 0 spiro atoms. The minimum atomic E-state index is 0.0118. The van der Waals surface area contributed by atoms with E-state index in [0.717, 1.165) is 5.56 Å². The molecular weight excluding hydrogens is 178 g/mol. The van der Waals surface area contributed by atoms with Gasteiger partial charge in [0.25, 0.3) is 0 Å². The van der Waals surface area contributed by atoms with Crippen LogP contribution in [0, 0.1) is 12.8 Å². The van der Waals surface area contributed by atoms with Crippen LogP contribution in [0.15, 0.2) is 12.4 Å². The Morgan fingerprint density at radius 2 is 1.93 bits per heavy atom. The first kappa shape index (κ1) is 10.9. The Morgan fingerprint density at radius 1 is 1.36 bits per heavy atom. The van der Waals surface area contributed by atoms with Gasteiger partial charge in [0, 0.05) is 12.4 Å². The highest BCUT2D eigenvalue weighted by Gasteiger charge is 2.12. The molecule has 0 fully saturated rings. The Balaban J connectivity index is 2.63. The molecule has 1 aromatic heterocycles. The van der Waals surface area contributed by atoms with Crippen LogP contribution in [0.4, 0.5) is 5.95 Å². The number of rotatable bonds is 4. The highest BCUT2D eigenvalue weighted by atomic mass is 16.3. The second-order valence-corrected chi connectivity index (χ2v) is 3.76. The number of nitrogens with zero attached hydrogens (tertiary/aromatic N) is 2. The summed E-state index contributed by atoms with van der Waals surface area (Å²) in [6, 6.07) is 0.0118. The first-order valence-electron chi connectivity index (χ1n) is 4.79. The lowest BCUT2D eigenvalue weighted by Gasteiger charge is -2.19. The lowest BCUT2D eigenvalue weighted by Crippen LogP contribution is -2.30. The number of aromatic nitrogens is 2. The highest BCUT2D eigenvalue weighted by Crippen LogP contribution is 2.07. The van der Waals surface area contributed by atoms with Crippen LogP contribution in [0.5, 0.6) is 0 Å². The molecule has 1 atom stereocenters. The molecule has 0 unspecified atom stereocenters. The van der Waals surface area contributed by atoms with Gasteiger partial charge < -0.3 is 10.4 Å². The van der Waals surface area contributed by atoms with Gasteiger partial charge in [-0.25, -0.2) is 9.97 Å². The second-order valence-electron chi connectivity index (χ2n) is 3.76. The Labute approximate surface area is 84.4 Å². The summed E-state index contributed by atoms with van der Waals surface area (Å²) in [6.45, 7) is 6.12. The lowest BCUT2D eigenvalue weighted by molar-refractivity contribution is 0.248. The van der Waals surface area contributed by atoms with Gasteiger partial charge in [-0.1, -0.05) is 13.8 Å². The summed E-state index contributed by atoms with van der Waals surface area (Å²) in [4.78, 5) is 8.23. The highest BCUT2D eigenvalue weighted by molar-refractivity contribution is 5.26. The van der Waals surface area contributed by atoms with Crippen LogP contribution in [0.2, 0.25) is 0 Å². The van der Waals surface area contributed by atoms with Crippen molar-refractivity contribution in [1.29, 1.82) is 0 Å². The van der Waals surface area contributed by atoms with Crippen molar-refractivity contribution < 1.29 is 5.11 Å². The fourth-order valence-electron chi connectivity index (χ4n) is 1.06. The molecule has 78 valence electrons. The molecular formula is C10H17N3O. The summed E-state index contributed by atoms with van der Waals surface area (Å²) in [7, 11) is 0. The zero-order valence-electron chi connectivity index (χ0n) is 8.86. The van der Waals surface area contributed by atoms with E-state index in [-0.39, 0.29) is 12.6 Å². The van der Waals surface area contributed by atoms with E-state index in [1.807, 2.05) is 20.8 Å². The summed E-state index contributed by atoms with van der Waals surface area (Å²) in [5, 5.41) is 12.2. The van der Waals surface area contributed by atoms with E-state index < -0.39 is 0 Å². The largest absolute Gasteiger partial charge is 0.394 e. The van der Waals surface area contributed by atoms with Crippen LogP contribution >= 0.6 is 0 Å². The van der Waals surface area contributed by atoms with Gasteiger partial charge in [0.05, 0.1) is 12.6 Å². The average Bonchev–Trinajstić information content (AvgIpc) is 2.16. The summed E-state index contributed by atoms with van der Waals surface area (Å²) < 4.78 is 0. The Hall–Kier alpha value is -1.16. The Kier molecular flexibility index (Phi) is 3.83. The molecule has 1 aromatic rings. The van der Waals surface area contributed by atoms with Crippen LogP contribution in [0.25, 0.3) is 0 Å². The second kappa shape index (κ2) is 4.91. The molecule has 14 heavy (non-hydrogen) atoms. The topological polar surface area (TPSA) is 58.0 Å². The summed E-state index contributed by atoms with van der Waals surface area (Å²) in [5.74, 6) is 0.924. The molecule has 0 saturated heterocycles. The van der Waals surface area contributed by atoms with Crippen LogP contribution in [-0.4, -0.2) is 27.7 Å². The molecule has 1 rings (SSSR count). The molecule has 4 nitrogen and oxygen atoms in total. The molecule has 0 aromatic carbocycles. The summed E-state index contributed by atoms with van der Waals surface area (Å²) in [6.07, 6.45) is 3.51. The van der Waals surface area contributed by atoms with Gasteiger partial charge >= 0.3 is 0 Å². The normalized spacial score (nSPS) is 12.9. The number of aryl methyl sites for hydroxylation is 1. The van der Waals surface area contributed by atoms with E-state index in [1.54, 1.807) is 12.4 Å². The lowest BCUT2D eigenvalue weighted by atomic mass is 10.1.